The van der Waals surface area contributed by atoms with Crippen LogP contribution in [0.4, 0.5) is 5.00 Å². The minimum absolute atomic E-state index is 0.491. The van der Waals surface area contributed by atoms with E-state index in [1.165, 1.54) is 37.2 Å². The first-order chi connectivity index (χ1) is 9.24. The monoisotopic (exact) mass is 296 g/mol. The van der Waals surface area contributed by atoms with Crippen LogP contribution in [0.25, 0.3) is 11.5 Å². The molecule has 5 nitrogen and oxygen atoms in total. The number of nitrogens with zero attached hydrogens (tertiary/aromatic N) is 3. The highest BCUT2D eigenvalue weighted by Gasteiger charge is 2.19. The molecule has 2 aromatic rings. The number of nitrogen functional groups attached to an aromatic ring is 1. The summed E-state index contributed by atoms with van der Waals surface area (Å²) < 4.78 is 9.49. The zero-order chi connectivity index (χ0) is 13.2. The van der Waals surface area contributed by atoms with Crippen LogP contribution in [0.5, 0.6) is 0 Å². The Balaban J connectivity index is 1.69. The Hall–Kier alpha value is -1.08. The normalized spacial score (nSPS) is 16.3. The molecule has 102 valence electrons. The number of aromatic nitrogens is 3. The van der Waals surface area contributed by atoms with E-state index >= 15 is 0 Å². The lowest BCUT2D eigenvalue weighted by molar-refractivity contribution is 0.425. The van der Waals surface area contributed by atoms with Crippen LogP contribution in [0, 0.1) is 6.92 Å². The van der Waals surface area contributed by atoms with Crippen LogP contribution in [0.3, 0.4) is 0 Å². The van der Waals surface area contributed by atoms with Crippen LogP contribution in [-0.4, -0.2) is 19.8 Å². The highest BCUT2D eigenvalue weighted by atomic mass is 32.2. The van der Waals surface area contributed by atoms with Crippen molar-refractivity contribution >= 4 is 28.3 Å². The molecule has 1 aliphatic rings. The van der Waals surface area contributed by atoms with Gasteiger partial charge in [-0.1, -0.05) is 18.0 Å². The standard InChI is InChI=1S/C12H16N4OS2/c1-7-10(11(13)19-16-7)12-14-9(15-17-12)6-18-8-4-2-3-5-8/h8H,2-6,13H2,1H3. The number of hydrogen-bond donors (Lipinski definition) is 1. The number of thioether (sulfide) groups is 1. The van der Waals surface area contributed by atoms with E-state index in [4.69, 9.17) is 10.3 Å². The van der Waals surface area contributed by atoms with Gasteiger partial charge in [-0.15, -0.1) is 0 Å². The lowest BCUT2D eigenvalue weighted by Gasteiger charge is -2.04. The van der Waals surface area contributed by atoms with Crippen LogP contribution in [-0.2, 0) is 5.75 Å². The number of anilines is 1. The lowest BCUT2D eigenvalue weighted by atomic mass is 10.2. The third-order valence-electron chi connectivity index (χ3n) is 3.32. The molecule has 19 heavy (non-hydrogen) atoms. The van der Waals surface area contributed by atoms with E-state index in [1.807, 2.05) is 18.7 Å². The summed E-state index contributed by atoms with van der Waals surface area (Å²) in [5, 5.41) is 5.43. The molecule has 1 fully saturated rings. The molecule has 1 saturated carbocycles. The fourth-order valence-electron chi connectivity index (χ4n) is 2.31. The number of hydrogen-bond acceptors (Lipinski definition) is 7. The molecule has 0 amide bonds. The number of aryl methyl sites for hydroxylation is 1. The molecule has 7 heteroatoms. The molecule has 0 unspecified atom stereocenters. The van der Waals surface area contributed by atoms with Crippen molar-refractivity contribution in [3.05, 3.63) is 11.5 Å². The summed E-state index contributed by atoms with van der Waals surface area (Å²) in [4.78, 5) is 4.42. The summed E-state index contributed by atoms with van der Waals surface area (Å²) >= 11 is 3.19. The Bertz CT molecular complexity index is 540. The highest BCUT2D eigenvalue weighted by molar-refractivity contribution is 7.99. The van der Waals surface area contributed by atoms with Gasteiger partial charge < -0.3 is 10.3 Å². The molecule has 0 aromatic carbocycles. The van der Waals surface area contributed by atoms with E-state index in [-0.39, 0.29) is 0 Å². The van der Waals surface area contributed by atoms with Crippen LogP contribution < -0.4 is 5.73 Å². The first kappa shape index (κ1) is 12.9. The predicted octanol–water partition coefficient (Wildman–Crippen LogP) is 3.26. The summed E-state index contributed by atoms with van der Waals surface area (Å²) in [7, 11) is 0. The van der Waals surface area contributed by atoms with Crippen LogP contribution in [0.15, 0.2) is 4.52 Å². The van der Waals surface area contributed by atoms with E-state index < -0.39 is 0 Å². The molecule has 0 aliphatic heterocycles. The van der Waals surface area contributed by atoms with Crippen molar-refractivity contribution in [1.82, 2.24) is 14.5 Å². The first-order valence-electron chi connectivity index (χ1n) is 6.40. The van der Waals surface area contributed by atoms with E-state index in [9.17, 15) is 0 Å². The smallest absolute Gasteiger partial charge is 0.262 e. The third-order valence-corrected chi connectivity index (χ3v) is 5.46. The van der Waals surface area contributed by atoms with Gasteiger partial charge in [-0.05, 0) is 31.3 Å². The van der Waals surface area contributed by atoms with Gasteiger partial charge in [-0.25, -0.2) is 0 Å². The Labute approximate surface area is 120 Å². The molecule has 0 saturated heterocycles. The number of nitrogens with two attached hydrogens (primary N) is 1. The molecule has 0 bridgehead atoms. The molecule has 0 radical (unpaired) electrons. The zero-order valence-corrected chi connectivity index (χ0v) is 12.4. The van der Waals surface area contributed by atoms with E-state index in [1.54, 1.807) is 0 Å². The minimum atomic E-state index is 0.491. The van der Waals surface area contributed by atoms with Crippen molar-refractivity contribution in [3.63, 3.8) is 0 Å². The van der Waals surface area contributed by atoms with Crippen LogP contribution in [0.2, 0.25) is 0 Å². The minimum Gasteiger partial charge on any atom is -0.389 e. The summed E-state index contributed by atoms with van der Waals surface area (Å²) in [6.07, 6.45) is 5.34. The molecule has 1 aliphatic carbocycles. The molecule has 0 atom stereocenters. The second kappa shape index (κ2) is 5.50. The van der Waals surface area contributed by atoms with Gasteiger partial charge in [-0.3, -0.25) is 0 Å². The largest absolute Gasteiger partial charge is 0.389 e. The van der Waals surface area contributed by atoms with Crippen molar-refractivity contribution < 1.29 is 4.52 Å². The van der Waals surface area contributed by atoms with Gasteiger partial charge in [0.05, 0.1) is 17.0 Å². The van der Waals surface area contributed by atoms with Gasteiger partial charge in [0, 0.05) is 5.25 Å². The summed E-state index contributed by atoms with van der Waals surface area (Å²) in [5.74, 6) is 2.05. The summed E-state index contributed by atoms with van der Waals surface area (Å²) in [6, 6.07) is 0. The average molecular weight is 296 g/mol. The van der Waals surface area contributed by atoms with E-state index in [2.05, 4.69) is 14.5 Å². The lowest BCUT2D eigenvalue weighted by Crippen LogP contribution is -1.96. The maximum atomic E-state index is 5.88. The summed E-state index contributed by atoms with van der Waals surface area (Å²) in [5.41, 5.74) is 7.51. The first-order valence-corrected chi connectivity index (χ1v) is 8.22. The molecule has 0 spiro atoms. The van der Waals surface area contributed by atoms with Gasteiger partial charge in [0.2, 0.25) is 0 Å². The highest BCUT2D eigenvalue weighted by Crippen LogP contribution is 2.33. The Kier molecular flexibility index (Phi) is 3.74. The SMILES string of the molecule is Cc1nsc(N)c1-c1nc(CSC2CCCC2)no1. The Morgan fingerprint density at radius 1 is 1.42 bits per heavy atom. The van der Waals surface area contributed by atoms with Crippen molar-refractivity contribution in [2.45, 2.75) is 43.6 Å². The van der Waals surface area contributed by atoms with Gasteiger partial charge in [0.1, 0.15) is 5.00 Å². The third kappa shape index (κ3) is 2.76. The van der Waals surface area contributed by atoms with Gasteiger partial charge >= 0.3 is 0 Å². The van der Waals surface area contributed by atoms with Crippen LogP contribution >= 0.6 is 23.3 Å². The van der Waals surface area contributed by atoms with Crippen molar-refractivity contribution in [2.75, 3.05) is 5.73 Å². The van der Waals surface area contributed by atoms with Crippen molar-refractivity contribution in [2.24, 2.45) is 0 Å². The fraction of sp³-hybridized carbons (Fsp3) is 0.583. The predicted molar refractivity (Wildman–Crippen MR) is 78.1 cm³/mol. The molecular weight excluding hydrogens is 280 g/mol. The average Bonchev–Trinajstić information content (AvgIpc) is 3.09. The molecule has 2 aromatic heterocycles. The maximum absolute atomic E-state index is 5.88. The Morgan fingerprint density at radius 3 is 2.89 bits per heavy atom. The fourth-order valence-corrected chi connectivity index (χ4v) is 4.13. The van der Waals surface area contributed by atoms with Gasteiger partial charge in [0.15, 0.2) is 5.82 Å². The second-order valence-corrected chi connectivity index (χ2v) is 6.83. The summed E-state index contributed by atoms with van der Waals surface area (Å²) in [6.45, 7) is 1.90. The van der Waals surface area contributed by atoms with Crippen LogP contribution in [0.1, 0.15) is 37.2 Å². The second-order valence-electron chi connectivity index (χ2n) is 4.74. The molecule has 2 N–H and O–H groups in total. The molecular formula is C12H16N4OS2. The quantitative estimate of drug-likeness (QED) is 0.933. The van der Waals surface area contributed by atoms with Gasteiger partial charge in [-0.2, -0.15) is 21.1 Å². The van der Waals surface area contributed by atoms with E-state index in [0.717, 1.165) is 28.1 Å². The van der Waals surface area contributed by atoms with Crippen molar-refractivity contribution in [1.29, 1.82) is 0 Å². The molecule has 3 rings (SSSR count). The number of rotatable bonds is 4. The molecule has 2 heterocycles. The zero-order valence-electron chi connectivity index (χ0n) is 10.8. The maximum Gasteiger partial charge on any atom is 0.262 e. The van der Waals surface area contributed by atoms with Crippen molar-refractivity contribution in [3.8, 4) is 11.5 Å². The van der Waals surface area contributed by atoms with Gasteiger partial charge in [0.25, 0.3) is 5.89 Å². The topological polar surface area (TPSA) is 77.8 Å². The Morgan fingerprint density at radius 2 is 2.21 bits per heavy atom. The van der Waals surface area contributed by atoms with E-state index in [0.29, 0.717) is 10.9 Å².